The molecule has 0 aliphatic carbocycles. The minimum Gasteiger partial charge on any atom is -0.480 e. The Hall–Kier alpha value is -2.89. The second kappa shape index (κ2) is 12.5. The number of carboxylic acids is 1. The topological polar surface area (TPSA) is 215 Å². The van der Waals surface area contributed by atoms with Crippen molar-refractivity contribution in [1.82, 2.24) is 16.0 Å². The molecule has 12 nitrogen and oxygen atoms in total. The largest absolute Gasteiger partial charge is 0.480 e. The molecule has 0 spiro atoms. The zero-order valence-electron chi connectivity index (χ0n) is 16.4. The lowest BCUT2D eigenvalue weighted by Crippen LogP contribution is -2.56. The summed E-state index contributed by atoms with van der Waals surface area (Å²) in [5, 5.41) is 15.8. The summed E-state index contributed by atoms with van der Waals surface area (Å²) in [6.07, 6.45) is 0.815. The molecule has 0 radical (unpaired) electrons. The van der Waals surface area contributed by atoms with Gasteiger partial charge in [-0.25, -0.2) is 0 Å². The molecule has 0 aliphatic heterocycles. The highest BCUT2D eigenvalue weighted by Gasteiger charge is 2.27. The highest BCUT2D eigenvalue weighted by atomic mass is 16.4. The third kappa shape index (κ3) is 10.3. The maximum absolute atomic E-state index is 12.3. The molecular formula is C16H31N7O5. The van der Waals surface area contributed by atoms with E-state index < -0.39 is 48.4 Å². The van der Waals surface area contributed by atoms with Crippen LogP contribution in [0.2, 0.25) is 0 Å². The predicted molar refractivity (Wildman–Crippen MR) is 103 cm³/mol. The normalized spacial score (nSPS) is 13.8. The summed E-state index contributed by atoms with van der Waals surface area (Å²) < 4.78 is 0. The number of hydrogen-bond donors (Lipinski definition) is 7. The maximum atomic E-state index is 12.3. The van der Waals surface area contributed by atoms with Crippen molar-refractivity contribution in [2.75, 3.05) is 13.1 Å². The minimum absolute atomic E-state index is 0.0459. The van der Waals surface area contributed by atoms with E-state index in [9.17, 15) is 19.2 Å². The Labute approximate surface area is 163 Å². The molecule has 0 saturated heterocycles. The molecule has 0 aromatic rings. The average Bonchev–Trinajstić information content (AvgIpc) is 2.59. The fraction of sp³-hybridized carbons (Fsp3) is 0.688. The van der Waals surface area contributed by atoms with E-state index in [-0.39, 0.29) is 11.9 Å². The quantitative estimate of drug-likeness (QED) is 0.103. The summed E-state index contributed by atoms with van der Waals surface area (Å²) >= 11 is 0. The van der Waals surface area contributed by atoms with Crippen molar-refractivity contribution in [1.29, 1.82) is 0 Å². The number of rotatable bonds is 12. The first-order valence-electron chi connectivity index (χ1n) is 8.86. The Bertz CT molecular complexity index is 590. The highest BCUT2D eigenvalue weighted by molar-refractivity contribution is 5.93. The molecule has 3 atom stereocenters. The van der Waals surface area contributed by atoms with Crippen molar-refractivity contribution in [2.45, 2.75) is 51.7 Å². The van der Waals surface area contributed by atoms with Crippen LogP contribution < -0.4 is 33.2 Å². The first-order valence-corrected chi connectivity index (χ1v) is 8.86. The second-order valence-electron chi connectivity index (χ2n) is 6.63. The van der Waals surface area contributed by atoms with Crippen molar-refractivity contribution in [3.8, 4) is 0 Å². The second-order valence-corrected chi connectivity index (χ2v) is 6.63. The lowest BCUT2D eigenvalue weighted by molar-refractivity contribution is -0.138. The van der Waals surface area contributed by atoms with Gasteiger partial charge in [0.25, 0.3) is 0 Å². The molecule has 0 bridgehead atoms. The van der Waals surface area contributed by atoms with Crippen molar-refractivity contribution in [2.24, 2.45) is 28.1 Å². The van der Waals surface area contributed by atoms with Gasteiger partial charge in [-0.05, 0) is 25.7 Å². The number of aliphatic imine (C=N–C) groups is 1. The Morgan fingerprint density at radius 3 is 2.11 bits per heavy atom. The number of amides is 3. The van der Waals surface area contributed by atoms with Gasteiger partial charge in [0.05, 0.1) is 6.04 Å². The van der Waals surface area contributed by atoms with Gasteiger partial charge < -0.3 is 38.3 Å². The zero-order valence-corrected chi connectivity index (χ0v) is 16.4. The Morgan fingerprint density at radius 2 is 1.61 bits per heavy atom. The Morgan fingerprint density at radius 1 is 1.00 bits per heavy atom. The Kier molecular flexibility index (Phi) is 11.2. The van der Waals surface area contributed by atoms with Crippen LogP contribution >= 0.6 is 0 Å². The lowest BCUT2D eigenvalue weighted by Gasteiger charge is -2.24. The van der Waals surface area contributed by atoms with E-state index in [2.05, 4.69) is 20.9 Å². The molecule has 28 heavy (non-hydrogen) atoms. The van der Waals surface area contributed by atoms with Crippen LogP contribution in [0, 0.1) is 5.92 Å². The van der Waals surface area contributed by atoms with E-state index >= 15 is 0 Å². The first kappa shape index (κ1) is 25.1. The lowest BCUT2D eigenvalue weighted by atomic mass is 10.0. The zero-order chi connectivity index (χ0) is 21.9. The SMILES string of the molecule is CC(NC(=O)C(N)CCCN=C(N)N)C(=O)NC(C(=O)NCC(=O)O)C(C)C. The molecule has 0 fully saturated rings. The third-order valence-electron chi connectivity index (χ3n) is 3.72. The fourth-order valence-electron chi connectivity index (χ4n) is 2.12. The summed E-state index contributed by atoms with van der Waals surface area (Å²) in [4.78, 5) is 50.7. The van der Waals surface area contributed by atoms with E-state index in [1.807, 2.05) is 0 Å². The van der Waals surface area contributed by atoms with E-state index in [0.29, 0.717) is 19.4 Å². The number of hydrogen-bond acceptors (Lipinski definition) is 6. The van der Waals surface area contributed by atoms with Crippen LogP contribution in [-0.4, -0.2) is 66.0 Å². The number of aliphatic carboxylic acids is 1. The molecule has 0 heterocycles. The van der Waals surface area contributed by atoms with Crippen LogP contribution in [0.1, 0.15) is 33.6 Å². The van der Waals surface area contributed by atoms with Crippen LogP contribution in [0.5, 0.6) is 0 Å². The molecule has 3 amide bonds. The summed E-state index contributed by atoms with van der Waals surface area (Å²) in [5.74, 6) is -3.28. The highest BCUT2D eigenvalue weighted by Crippen LogP contribution is 2.03. The maximum Gasteiger partial charge on any atom is 0.322 e. The summed E-state index contributed by atoms with van der Waals surface area (Å²) in [6.45, 7) is 4.62. The first-order chi connectivity index (χ1) is 13.0. The van der Waals surface area contributed by atoms with Gasteiger partial charge in [-0.3, -0.25) is 24.2 Å². The fourth-order valence-corrected chi connectivity index (χ4v) is 2.12. The third-order valence-corrected chi connectivity index (χ3v) is 3.72. The molecule has 0 aromatic carbocycles. The van der Waals surface area contributed by atoms with Crippen LogP contribution in [0.15, 0.2) is 4.99 Å². The molecule has 0 aromatic heterocycles. The van der Waals surface area contributed by atoms with Gasteiger partial charge in [0, 0.05) is 6.54 Å². The van der Waals surface area contributed by atoms with Gasteiger partial charge in [-0.15, -0.1) is 0 Å². The molecule has 0 aliphatic rings. The number of carbonyl (C=O) groups is 4. The van der Waals surface area contributed by atoms with Crippen LogP contribution in [0.25, 0.3) is 0 Å². The number of nitrogens with one attached hydrogen (secondary N) is 3. The smallest absolute Gasteiger partial charge is 0.322 e. The molecule has 160 valence electrons. The number of carboxylic acid groups (broad SMARTS) is 1. The average molecular weight is 401 g/mol. The van der Waals surface area contributed by atoms with Crippen molar-refractivity contribution in [3.63, 3.8) is 0 Å². The van der Waals surface area contributed by atoms with Crippen LogP contribution in [0.4, 0.5) is 0 Å². The number of carbonyl (C=O) groups excluding carboxylic acids is 3. The molecule has 10 N–H and O–H groups in total. The molecule has 12 heteroatoms. The van der Waals surface area contributed by atoms with Gasteiger partial charge in [0.2, 0.25) is 17.7 Å². The van der Waals surface area contributed by atoms with Crippen LogP contribution in [0.3, 0.4) is 0 Å². The molecule has 0 rings (SSSR count). The van der Waals surface area contributed by atoms with Crippen molar-refractivity contribution in [3.05, 3.63) is 0 Å². The van der Waals surface area contributed by atoms with E-state index in [1.165, 1.54) is 6.92 Å². The standard InChI is InChI=1S/C16H31N7O5/c1-8(2)12(15(28)21-7-11(24)25)23-13(26)9(3)22-14(27)10(17)5-4-6-20-16(18)19/h8-10,12H,4-7,17H2,1-3H3,(H,21,28)(H,22,27)(H,23,26)(H,24,25)(H4,18,19,20). The van der Waals surface area contributed by atoms with Gasteiger partial charge >= 0.3 is 5.97 Å². The Balaban J connectivity index is 4.60. The van der Waals surface area contributed by atoms with Crippen molar-refractivity contribution >= 4 is 29.7 Å². The molecule has 0 saturated carbocycles. The van der Waals surface area contributed by atoms with E-state index in [1.54, 1.807) is 13.8 Å². The number of nitrogens with zero attached hydrogens (tertiary/aromatic N) is 1. The van der Waals surface area contributed by atoms with E-state index in [0.717, 1.165) is 0 Å². The van der Waals surface area contributed by atoms with E-state index in [4.69, 9.17) is 22.3 Å². The van der Waals surface area contributed by atoms with Crippen molar-refractivity contribution < 1.29 is 24.3 Å². The van der Waals surface area contributed by atoms with Crippen LogP contribution in [-0.2, 0) is 19.2 Å². The molecule has 3 unspecified atom stereocenters. The summed E-state index contributed by atoms with van der Waals surface area (Å²) in [6, 6.07) is -2.73. The number of nitrogens with two attached hydrogens (primary N) is 3. The minimum atomic E-state index is -1.20. The van der Waals surface area contributed by atoms with Gasteiger partial charge in [0.1, 0.15) is 18.6 Å². The number of guanidine groups is 1. The van der Waals surface area contributed by atoms with Gasteiger partial charge in [-0.2, -0.15) is 0 Å². The van der Waals surface area contributed by atoms with Gasteiger partial charge in [0.15, 0.2) is 5.96 Å². The monoisotopic (exact) mass is 401 g/mol. The summed E-state index contributed by atoms with van der Waals surface area (Å²) in [5.41, 5.74) is 16.2. The van der Waals surface area contributed by atoms with Gasteiger partial charge in [-0.1, -0.05) is 13.8 Å². The predicted octanol–water partition coefficient (Wildman–Crippen LogP) is -2.79. The molecular weight excluding hydrogens is 370 g/mol. The summed E-state index contributed by atoms with van der Waals surface area (Å²) in [7, 11) is 0.